The van der Waals surface area contributed by atoms with Crippen molar-refractivity contribution in [1.29, 1.82) is 0 Å². The summed E-state index contributed by atoms with van der Waals surface area (Å²) in [6, 6.07) is 0. The number of rotatable bonds is 2. The molecule has 0 saturated carbocycles. The minimum absolute atomic E-state index is 0.0255. The molecule has 0 aromatic rings. The molecule has 2 atom stereocenters. The van der Waals surface area contributed by atoms with Gasteiger partial charge >= 0.3 is 0 Å². The summed E-state index contributed by atoms with van der Waals surface area (Å²) >= 11 is 0. The first-order valence-corrected chi connectivity index (χ1v) is 4.59. The van der Waals surface area contributed by atoms with E-state index in [0.717, 1.165) is 38.6 Å². The van der Waals surface area contributed by atoms with E-state index in [2.05, 4.69) is 0 Å². The van der Waals surface area contributed by atoms with Crippen molar-refractivity contribution in [2.45, 2.75) is 37.4 Å². The van der Waals surface area contributed by atoms with E-state index in [1.54, 1.807) is 0 Å². The summed E-state index contributed by atoms with van der Waals surface area (Å²) in [5.41, 5.74) is -0.587. The molecule has 0 radical (unpaired) electrons. The largest absolute Gasteiger partial charge is 0.375 e. The molecule has 0 N–H and O–H groups in total. The fraction of sp³-hybridized carbons (Fsp3) is 0.889. The van der Waals surface area contributed by atoms with Crippen LogP contribution in [-0.4, -0.2) is 31.2 Å². The highest BCUT2D eigenvalue weighted by Crippen LogP contribution is 2.33. The van der Waals surface area contributed by atoms with Gasteiger partial charge < -0.3 is 14.3 Å². The quantitative estimate of drug-likeness (QED) is 0.578. The minimum atomic E-state index is -0.587. The summed E-state index contributed by atoms with van der Waals surface area (Å²) in [5.74, 6) is 0. The second kappa shape index (κ2) is 3.15. The van der Waals surface area contributed by atoms with E-state index in [4.69, 9.17) is 9.47 Å². The molecule has 2 rings (SSSR count). The van der Waals surface area contributed by atoms with Gasteiger partial charge in [0.25, 0.3) is 0 Å². The van der Waals surface area contributed by atoms with Crippen molar-refractivity contribution in [2.24, 2.45) is 0 Å². The lowest BCUT2D eigenvalue weighted by Gasteiger charge is -2.27. The third kappa shape index (κ3) is 1.17. The number of hydrogen-bond donors (Lipinski definition) is 0. The van der Waals surface area contributed by atoms with Gasteiger partial charge in [-0.1, -0.05) is 0 Å². The van der Waals surface area contributed by atoms with Crippen LogP contribution in [0.2, 0.25) is 0 Å². The molecule has 2 heterocycles. The summed E-state index contributed by atoms with van der Waals surface area (Å²) in [5, 5.41) is 0. The van der Waals surface area contributed by atoms with Gasteiger partial charge in [0.1, 0.15) is 5.60 Å². The Kier molecular flexibility index (Phi) is 2.15. The predicted molar refractivity (Wildman–Crippen MR) is 43.0 cm³/mol. The van der Waals surface area contributed by atoms with Gasteiger partial charge in [-0.25, -0.2) is 0 Å². The van der Waals surface area contributed by atoms with Crippen molar-refractivity contribution in [3.63, 3.8) is 0 Å². The summed E-state index contributed by atoms with van der Waals surface area (Å²) in [7, 11) is 0. The number of hydrogen-bond acceptors (Lipinski definition) is 3. The van der Waals surface area contributed by atoms with Crippen LogP contribution in [0, 0.1) is 0 Å². The first-order valence-electron chi connectivity index (χ1n) is 4.59. The van der Waals surface area contributed by atoms with Gasteiger partial charge in [-0.05, 0) is 25.7 Å². The SMILES string of the molecule is O=C[C@]1([C@@H]2CCCO2)CCCO1. The van der Waals surface area contributed by atoms with E-state index in [1.807, 2.05) is 0 Å². The smallest absolute Gasteiger partial charge is 0.154 e. The van der Waals surface area contributed by atoms with Gasteiger partial charge in [-0.15, -0.1) is 0 Å². The summed E-state index contributed by atoms with van der Waals surface area (Å²) in [6.45, 7) is 1.49. The Morgan fingerprint density at radius 1 is 1.33 bits per heavy atom. The van der Waals surface area contributed by atoms with Gasteiger partial charge in [-0.3, -0.25) is 0 Å². The fourth-order valence-corrected chi connectivity index (χ4v) is 2.07. The number of carbonyl (C=O) groups excluding carboxylic acids is 1. The van der Waals surface area contributed by atoms with Gasteiger partial charge in [-0.2, -0.15) is 0 Å². The second-order valence-electron chi connectivity index (χ2n) is 3.53. The van der Waals surface area contributed by atoms with Crippen molar-refractivity contribution >= 4 is 6.29 Å². The molecule has 0 aromatic carbocycles. The van der Waals surface area contributed by atoms with E-state index in [1.165, 1.54) is 0 Å². The number of aldehydes is 1. The van der Waals surface area contributed by atoms with Crippen LogP contribution in [0.4, 0.5) is 0 Å². The molecule has 0 aromatic heterocycles. The van der Waals surface area contributed by atoms with E-state index < -0.39 is 5.60 Å². The number of ether oxygens (including phenoxy) is 2. The van der Waals surface area contributed by atoms with Gasteiger partial charge in [0.05, 0.1) is 6.10 Å². The van der Waals surface area contributed by atoms with Crippen molar-refractivity contribution in [1.82, 2.24) is 0 Å². The third-order valence-electron chi connectivity index (χ3n) is 2.76. The molecule has 2 aliphatic rings. The monoisotopic (exact) mass is 170 g/mol. The molecule has 2 saturated heterocycles. The lowest BCUT2D eigenvalue weighted by atomic mass is 9.93. The topological polar surface area (TPSA) is 35.5 Å². The van der Waals surface area contributed by atoms with Crippen LogP contribution in [0.3, 0.4) is 0 Å². The average molecular weight is 170 g/mol. The highest BCUT2D eigenvalue weighted by molar-refractivity contribution is 5.64. The maximum atomic E-state index is 10.9. The summed E-state index contributed by atoms with van der Waals surface area (Å²) in [4.78, 5) is 10.9. The van der Waals surface area contributed by atoms with Crippen molar-refractivity contribution in [2.75, 3.05) is 13.2 Å². The molecule has 0 aliphatic carbocycles. The lowest BCUT2D eigenvalue weighted by Crippen LogP contribution is -2.42. The Bertz CT molecular complexity index is 167. The first-order chi connectivity index (χ1) is 5.87. The Hall–Kier alpha value is -0.410. The van der Waals surface area contributed by atoms with Crippen LogP contribution >= 0.6 is 0 Å². The molecule has 3 heteroatoms. The van der Waals surface area contributed by atoms with Gasteiger partial charge in [0.15, 0.2) is 6.29 Å². The Morgan fingerprint density at radius 2 is 2.25 bits per heavy atom. The zero-order valence-corrected chi connectivity index (χ0v) is 7.12. The molecule has 0 bridgehead atoms. The van der Waals surface area contributed by atoms with Crippen molar-refractivity contribution in [3.8, 4) is 0 Å². The molecule has 3 nitrogen and oxygen atoms in total. The predicted octanol–water partition coefficient (Wildman–Crippen LogP) is 0.913. The molecule has 68 valence electrons. The zero-order valence-electron chi connectivity index (χ0n) is 7.12. The molecule has 12 heavy (non-hydrogen) atoms. The van der Waals surface area contributed by atoms with Gasteiger partial charge in [0, 0.05) is 13.2 Å². The second-order valence-corrected chi connectivity index (χ2v) is 3.53. The van der Waals surface area contributed by atoms with Gasteiger partial charge in [0.2, 0.25) is 0 Å². The molecule has 2 fully saturated rings. The average Bonchev–Trinajstić information content (AvgIpc) is 2.76. The molecular weight excluding hydrogens is 156 g/mol. The van der Waals surface area contributed by atoms with Crippen LogP contribution in [0.15, 0.2) is 0 Å². The minimum Gasteiger partial charge on any atom is -0.375 e. The van der Waals surface area contributed by atoms with Crippen LogP contribution in [0.25, 0.3) is 0 Å². The Balaban J connectivity index is 2.09. The van der Waals surface area contributed by atoms with Crippen LogP contribution in [0.1, 0.15) is 25.7 Å². The third-order valence-corrected chi connectivity index (χ3v) is 2.76. The standard InChI is InChI=1S/C9H14O3/c10-7-9(4-2-6-12-9)8-3-1-5-11-8/h7-8H,1-6H2/t8-,9-/m0/s1. The molecule has 0 unspecified atom stereocenters. The Labute approximate surface area is 72.0 Å². The Morgan fingerprint density at radius 3 is 2.75 bits per heavy atom. The molecule has 0 amide bonds. The molecule has 2 aliphatic heterocycles. The first kappa shape index (κ1) is 8.20. The molecule has 0 spiro atoms. The van der Waals surface area contributed by atoms with Crippen molar-refractivity contribution < 1.29 is 14.3 Å². The highest BCUT2D eigenvalue weighted by atomic mass is 16.6. The maximum absolute atomic E-state index is 10.9. The van der Waals surface area contributed by atoms with E-state index in [9.17, 15) is 4.79 Å². The van der Waals surface area contributed by atoms with Crippen LogP contribution in [-0.2, 0) is 14.3 Å². The van der Waals surface area contributed by atoms with E-state index in [-0.39, 0.29) is 6.10 Å². The zero-order chi connectivity index (χ0) is 8.44. The normalized spacial score (nSPS) is 41.8. The fourth-order valence-electron chi connectivity index (χ4n) is 2.07. The van der Waals surface area contributed by atoms with E-state index in [0.29, 0.717) is 6.61 Å². The summed E-state index contributed by atoms with van der Waals surface area (Å²) < 4.78 is 11.0. The van der Waals surface area contributed by atoms with E-state index >= 15 is 0 Å². The number of carbonyl (C=O) groups is 1. The summed E-state index contributed by atoms with van der Waals surface area (Å²) in [6.07, 6.45) is 4.82. The maximum Gasteiger partial charge on any atom is 0.154 e. The highest BCUT2D eigenvalue weighted by Gasteiger charge is 2.44. The van der Waals surface area contributed by atoms with Crippen LogP contribution < -0.4 is 0 Å². The van der Waals surface area contributed by atoms with Crippen molar-refractivity contribution in [3.05, 3.63) is 0 Å². The lowest BCUT2D eigenvalue weighted by molar-refractivity contribution is -0.141. The molecular formula is C9H14O3. The van der Waals surface area contributed by atoms with Crippen LogP contribution in [0.5, 0.6) is 0 Å².